The van der Waals surface area contributed by atoms with E-state index in [1.54, 1.807) is 18.6 Å². The van der Waals surface area contributed by atoms with E-state index in [4.69, 9.17) is 5.73 Å². The van der Waals surface area contributed by atoms with Gasteiger partial charge in [-0.1, -0.05) is 0 Å². The van der Waals surface area contributed by atoms with E-state index in [0.29, 0.717) is 6.54 Å². The van der Waals surface area contributed by atoms with Crippen molar-refractivity contribution in [1.29, 1.82) is 0 Å². The summed E-state index contributed by atoms with van der Waals surface area (Å²) in [4.78, 5) is 12.7. The molecule has 2 heterocycles. The molecule has 0 aromatic carbocycles. The molecule has 0 bridgehead atoms. The molecular weight excluding hydrogens is 288 g/mol. The van der Waals surface area contributed by atoms with E-state index in [-0.39, 0.29) is 0 Å². The van der Waals surface area contributed by atoms with Gasteiger partial charge in [0.1, 0.15) is 10.1 Å². The Bertz CT molecular complexity index is 492. The first kappa shape index (κ1) is 11.5. The van der Waals surface area contributed by atoms with Gasteiger partial charge in [-0.2, -0.15) is 0 Å². The molecule has 6 heteroatoms. The number of aromatic nitrogens is 3. The minimum atomic E-state index is 0.376. The van der Waals surface area contributed by atoms with Gasteiger partial charge in [0.15, 0.2) is 0 Å². The summed E-state index contributed by atoms with van der Waals surface area (Å²) in [6.45, 7) is 0.376. The quantitative estimate of drug-likeness (QED) is 0.941. The summed E-state index contributed by atoms with van der Waals surface area (Å²) in [5.74, 6) is 0. The molecule has 0 radical (unpaired) electrons. The fourth-order valence-corrected chi connectivity index (χ4v) is 2.44. The first-order valence-electron chi connectivity index (χ1n) is 4.59. The molecule has 0 aliphatic rings. The van der Waals surface area contributed by atoms with E-state index in [2.05, 4.69) is 30.9 Å². The van der Waals surface area contributed by atoms with Gasteiger partial charge in [0.05, 0.1) is 10.2 Å². The van der Waals surface area contributed by atoms with Crippen molar-refractivity contribution in [2.75, 3.05) is 0 Å². The predicted octanol–water partition coefficient (Wildman–Crippen LogP) is 2.24. The summed E-state index contributed by atoms with van der Waals surface area (Å²) >= 11 is 4.89. The third-order valence-corrected chi connectivity index (χ3v) is 3.80. The molecule has 16 heavy (non-hydrogen) atoms. The zero-order valence-corrected chi connectivity index (χ0v) is 10.7. The van der Waals surface area contributed by atoms with Crippen LogP contribution in [0.15, 0.2) is 45.2 Å². The Balaban J connectivity index is 2.30. The SMILES string of the molecule is NCc1nccnc1Sc1ncccc1Br. The molecule has 0 fully saturated rings. The smallest absolute Gasteiger partial charge is 0.125 e. The van der Waals surface area contributed by atoms with Crippen LogP contribution >= 0.6 is 27.7 Å². The standard InChI is InChI=1S/C10H9BrN4S/c11-7-2-1-3-14-9(7)16-10-8(6-12)13-4-5-15-10/h1-5H,6,12H2. The molecule has 0 atom stereocenters. The largest absolute Gasteiger partial charge is 0.325 e. The Morgan fingerprint density at radius 1 is 1.12 bits per heavy atom. The van der Waals surface area contributed by atoms with Crippen molar-refractivity contribution in [3.05, 3.63) is 40.9 Å². The zero-order chi connectivity index (χ0) is 11.4. The number of hydrogen-bond acceptors (Lipinski definition) is 5. The Hall–Kier alpha value is -0.980. The van der Waals surface area contributed by atoms with Crippen LogP contribution in [0.3, 0.4) is 0 Å². The molecule has 0 spiro atoms. The zero-order valence-electron chi connectivity index (χ0n) is 8.30. The molecule has 2 aromatic rings. The van der Waals surface area contributed by atoms with Gasteiger partial charge in [-0.05, 0) is 39.8 Å². The monoisotopic (exact) mass is 296 g/mol. The van der Waals surface area contributed by atoms with Gasteiger partial charge in [0, 0.05) is 25.1 Å². The van der Waals surface area contributed by atoms with Crippen LogP contribution in [0.1, 0.15) is 5.69 Å². The van der Waals surface area contributed by atoms with Crippen LogP contribution in [0.25, 0.3) is 0 Å². The number of nitrogens with zero attached hydrogens (tertiary/aromatic N) is 3. The number of nitrogens with two attached hydrogens (primary N) is 1. The second kappa shape index (κ2) is 5.38. The van der Waals surface area contributed by atoms with Crippen LogP contribution in [0.5, 0.6) is 0 Å². The highest BCUT2D eigenvalue weighted by Gasteiger charge is 2.08. The van der Waals surface area contributed by atoms with Crippen molar-refractivity contribution in [2.45, 2.75) is 16.6 Å². The number of hydrogen-bond donors (Lipinski definition) is 1. The van der Waals surface area contributed by atoms with E-state index in [0.717, 1.165) is 20.2 Å². The minimum absolute atomic E-state index is 0.376. The van der Waals surface area contributed by atoms with Gasteiger partial charge >= 0.3 is 0 Å². The van der Waals surface area contributed by atoms with Gasteiger partial charge in [-0.3, -0.25) is 4.98 Å². The maximum absolute atomic E-state index is 5.59. The van der Waals surface area contributed by atoms with Crippen molar-refractivity contribution >= 4 is 27.7 Å². The summed E-state index contributed by atoms with van der Waals surface area (Å²) in [6, 6.07) is 3.81. The molecule has 82 valence electrons. The second-order valence-corrected chi connectivity index (χ2v) is 4.74. The van der Waals surface area contributed by atoms with E-state index in [9.17, 15) is 0 Å². The highest BCUT2D eigenvalue weighted by atomic mass is 79.9. The first-order chi connectivity index (χ1) is 7.81. The van der Waals surface area contributed by atoms with E-state index >= 15 is 0 Å². The molecule has 0 unspecified atom stereocenters. The summed E-state index contributed by atoms with van der Waals surface area (Å²) in [7, 11) is 0. The van der Waals surface area contributed by atoms with E-state index < -0.39 is 0 Å². The summed E-state index contributed by atoms with van der Waals surface area (Å²) < 4.78 is 0.939. The molecule has 0 aliphatic heterocycles. The number of rotatable bonds is 3. The molecule has 4 nitrogen and oxygen atoms in total. The van der Waals surface area contributed by atoms with Crippen molar-refractivity contribution in [3.8, 4) is 0 Å². The second-order valence-electron chi connectivity index (χ2n) is 2.90. The maximum Gasteiger partial charge on any atom is 0.125 e. The molecule has 0 aliphatic carbocycles. The lowest BCUT2D eigenvalue weighted by atomic mass is 10.5. The highest BCUT2D eigenvalue weighted by molar-refractivity contribution is 9.10. The van der Waals surface area contributed by atoms with Crippen molar-refractivity contribution in [2.24, 2.45) is 5.73 Å². The van der Waals surface area contributed by atoms with E-state index in [1.807, 2.05) is 12.1 Å². The summed E-state index contributed by atoms with van der Waals surface area (Å²) in [5.41, 5.74) is 6.38. The van der Waals surface area contributed by atoms with Crippen LogP contribution < -0.4 is 5.73 Å². The molecule has 0 amide bonds. The normalized spacial score (nSPS) is 10.4. The minimum Gasteiger partial charge on any atom is -0.325 e. The lowest BCUT2D eigenvalue weighted by Crippen LogP contribution is -2.02. The number of pyridine rings is 1. The third kappa shape index (κ3) is 2.58. The molecule has 2 N–H and O–H groups in total. The lowest BCUT2D eigenvalue weighted by Gasteiger charge is -2.05. The fourth-order valence-electron chi connectivity index (χ4n) is 1.12. The van der Waals surface area contributed by atoms with Crippen LogP contribution in [0.4, 0.5) is 0 Å². The summed E-state index contributed by atoms with van der Waals surface area (Å²) in [5, 5.41) is 1.65. The van der Waals surface area contributed by atoms with Crippen molar-refractivity contribution in [1.82, 2.24) is 15.0 Å². The average molecular weight is 297 g/mol. The van der Waals surface area contributed by atoms with Gasteiger partial charge in [-0.15, -0.1) is 0 Å². The van der Waals surface area contributed by atoms with Crippen LogP contribution in [-0.4, -0.2) is 15.0 Å². The third-order valence-electron chi connectivity index (χ3n) is 1.85. The highest BCUT2D eigenvalue weighted by Crippen LogP contribution is 2.31. The Morgan fingerprint density at radius 3 is 2.62 bits per heavy atom. The van der Waals surface area contributed by atoms with Crippen LogP contribution in [0.2, 0.25) is 0 Å². The molecule has 0 saturated carbocycles. The Morgan fingerprint density at radius 2 is 1.88 bits per heavy atom. The molecule has 0 saturated heterocycles. The summed E-state index contributed by atoms with van der Waals surface area (Å²) in [6.07, 6.45) is 5.03. The van der Waals surface area contributed by atoms with Crippen LogP contribution in [-0.2, 0) is 6.54 Å². The van der Waals surface area contributed by atoms with E-state index in [1.165, 1.54) is 11.8 Å². The molecular formula is C10H9BrN4S. The number of halogens is 1. The van der Waals surface area contributed by atoms with Crippen molar-refractivity contribution in [3.63, 3.8) is 0 Å². The fraction of sp³-hybridized carbons (Fsp3) is 0.100. The predicted molar refractivity (Wildman–Crippen MR) is 66.0 cm³/mol. The molecule has 2 aromatic heterocycles. The lowest BCUT2D eigenvalue weighted by molar-refractivity contribution is 0.884. The topological polar surface area (TPSA) is 64.7 Å². The maximum atomic E-state index is 5.59. The van der Waals surface area contributed by atoms with Crippen molar-refractivity contribution < 1.29 is 0 Å². The van der Waals surface area contributed by atoms with Gasteiger partial charge < -0.3 is 5.73 Å². The first-order valence-corrected chi connectivity index (χ1v) is 6.20. The van der Waals surface area contributed by atoms with Gasteiger partial charge in [0.2, 0.25) is 0 Å². The Labute approximate surface area is 106 Å². The van der Waals surface area contributed by atoms with Crippen LogP contribution in [0, 0.1) is 0 Å². The van der Waals surface area contributed by atoms with Gasteiger partial charge in [0.25, 0.3) is 0 Å². The molecule has 2 rings (SSSR count). The van der Waals surface area contributed by atoms with Gasteiger partial charge in [-0.25, -0.2) is 9.97 Å². The average Bonchev–Trinajstić information content (AvgIpc) is 2.33. The Kier molecular flexibility index (Phi) is 3.87.